The first-order valence-electron chi connectivity index (χ1n) is 13.0. The molecule has 1 N–H and O–H groups in total. The van der Waals surface area contributed by atoms with Crippen molar-refractivity contribution in [1.29, 1.82) is 0 Å². The van der Waals surface area contributed by atoms with Crippen molar-refractivity contribution >= 4 is 62.1 Å². The highest BCUT2D eigenvalue weighted by molar-refractivity contribution is 9.10. The molecule has 0 radical (unpaired) electrons. The third-order valence-electron chi connectivity index (χ3n) is 8.32. The summed E-state index contributed by atoms with van der Waals surface area (Å²) in [5, 5.41) is 1.26. The summed E-state index contributed by atoms with van der Waals surface area (Å²) < 4.78 is 12.9. The summed E-state index contributed by atoms with van der Waals surface area (Å²) in [6, 6.07) is 13.5. The second kappa shape index (κ2) is 10.3. The lowest BCUT2D eigenvalue weighted by atomic mass is 9.49. The summed E-state index contributed by atoms with van der Waals surface area (Å²) in [4.78, 5) is 27.2. The van der Waals surface area contributed by atoms with E-state index < -0.39 is 0 Å². The Morgan fingerprint density at radius 3 is 2.39 bits per heavy atom. The van der Waals surface area contributed by atoms with Gasteiger partial charge < -0.3 is 9.47 Å². The van der Waals surface area contributed by atoms with Gasteiger partial charge in [-0.2, -0.15) is 5.01 Å². The molecule has 2 amide bonds. The SMILES string of the molecule is COc1cc(/C=C2\SC(=S)N(NC(=O)C34CC5CC(CC(C5)C3)C4)C2=O)ccc1OCc1ccc(Br)cc1. The molecule has 1 saturated heterocycles. The Morgan fingerprint density at radius 2 is 1.76 bits per heavy atom. The van der Waals surface area contributed by atoms with Crippen molar-refractivity contribution < 1.29 is 19.1 Å². The number of methoxy groups -OCH3 is 1. The van der Waals surface area contributed by atoms with Crippen molar-refractivity contribution in [3.63, 3.8) is 0 Å². The van der Waals surface area contributed by atoms with Crippen molar-refractivity contribution in [3.05, 3.63) is 63.0 Å². The van der Waals surface area contributed by atoms with E-state index in [2.05, 4.69) is 21.4 Å². The van der Waals surface area contributed by atoms with E-state index in [-0.39, 0.29) is 17.2 Å². The number of thioether (sulfide) groups is 1. The van der Waals surface area contributed by atoms with E-state index >= 15 is 0 Å². The summed E-state index contributed by atoms with van der Waals surface area (Å²) in [5.41, 5.74) is 4.39. The quantitative estimate of drug-likeness (QED) is 0.285. The van der Waals surface area contributed by atoms with E-state index in [1.807, 2.05) is 42.5 Å². The standard InChI is InChI=1S/C29H29BrN2O4S2/c1-35-24-11-18(4-7-23(24)36-16-17-2-5-22(30)6-3-17)12-25-26(33)32(28(37)38-25)31-27(34)29-13-19-8-20(14-29)10-21(9-19)15-29/h2-7,11-12,19-21H,8-10,13-16H2,1H3,(H,31,34)/b25-12-. The first kappa shape index (κ1) is 25.9. The number of rotatable bonds is 7. The summed E-state index contributed by atoms with van der Waals surface area (Å²) in [7, 11) is 1.59. The van der Waals surface area contributed by atoms with Gasteiger partial charge in [0.15, 0.2) is 15.8 Å². The average Bonchev–Trinajstić information content (AvgIpc) is 3.15. The number of ether oxygens (including phenoxy) is 2. The molecule has 198 valence electrons. The van der Waals surface area contributed by atoms with Crippen LogP contribution < -0.4 is 14.9 Å². The smallest absolute Gasteiger partial charge is 0.285 e. The molecule has 38 heavy (non-hydrogen) atoms. The number of hydrazine groups is 1. The molecule has 5 aliphatic rings. The Hall–Kier alpha value is -2.36. The molecule has 0 aromatic heterocycles. The zero-order valence-electron chi connectivity index (χ0n) is 21.1. The highest BCUT2D eigenvalue weighted by atomic mass is 79.9. The largest absolute Gasteiger partial charge is 0.493 e. The van der Waals surface area contributed by atoms with Gasteiger partial charge in [-0.05, 0) is 110 Å². The number of benzene rings is 2. The maximum absolute atomic E-state index is 13.5. The number of halogens is 1. The van der Waals surface area contributed by atoms with Crippen molar-refractivity contribution in [2.45, 2.75) is 45.1 Å². The Kier molecular flexibility index (Phi) is 7.03. The van der Waals surface area contributed by atoms with E-state index in [0.717, 1.165) is 34.9 Å². The molecule has 0 spiro atoms. The fraction of sp³-hybridized carbons (Fsp3) is 0.414. The minimum atomic E-state index is -0.346. The van der Waals surface area contributed by atoms with Crippen molar-refractivity contribution in [2.75, 3.05) is 7.11 Å². The van der Waals surface area contributed by atoms with Gasteiger partial charge in [-0.3, -0.25) is 15.0 Å². The summed E-state index contributed by atoms with van der Waals surface area (Å²) in [6.07, 6.45) is 8.36. The predicted octanol–water partition coefficient (Wildman–Crippen LogP) is 6.49. The van der Waals surface area contributed by atoms with Gasteiger partial charge in [0.25, 0.3) is 5.91 Å². The lowest BCUT2D eigenvalue weighted by molar-refractivity contribution is -0.152. The number of hydrogen-bond donors (Lipinski definition) is 1. The highest BCUT2D eigenvalue weighted by Crippen LogP contribution is 2.60. The number of amides is 2. The van der Waals surface area contributed by atoms with Crippen LogP contribution >= 0.6 is 39.9 Å². The third kappa shape index (κ3) is 5.00. The van der Waals surface area contributed by atoms with Crippen LogP contribution in [0.1, 0.15) is 49.7 Å². The third-order valence-corrected chi connectivity index (χ3v) is 10.2. The molecule has 6 nitrogen and oxygen atoms in total. The number of thiocarbonyl (C=S) groups is 1. The van der Waals surface area contributed by atoms with Crippen molar-refractivity contribution in [1.82, 2.24) is 10.4 Å². The topological polar surface area (TPSA) is 67.9 Å². The van der Waals surface area contributed by atoms with Crippen LogP contribution in [0.25, 0.3) is 6.08 Å². The zero-order chi connectivity index (χ0) is 26.4. The lowest BCUT2D eigenvalue weighted by Gasteiger charge is -2.55. The Labute approximate surface area is 240 Å². The molecule has 9 heteroatoms. The number of nitrogens with one attached hydrogen (secondary N) is 1. The molecule has 2 aromatic rings. The van der Waals surface area contributed by atoms with E-state index in [1.54, 1.807) is 13.2 Å². The number of carbonyl (C=O) groups is 2. The molecular weight excluding hydrogens is 584 g/mol. The van der Waals surface area contributed by atoms with Crippen LogP contribution in [0.5, 0.6) is 11.5 Å². The molecule has 1 aliphatic heterocycles. The fourth-order valence-corrected chi connectivity index (χ4v) is 8.40. The van der Waals surface area contributed by atoms with Crippen molar-refractivity contribution in [3.8, 4) is 11.5 Å². The van der Waals surface area contributed by atoms with E-state index in [0.29, 0.717) is 45.1 Å². The Balaban J connectivity index is 1.14. The first-order valence-corrected chi connectivity index (χ1v) is 15.0. The number of hydrogen-bond acceptors (Lipinski definition) is 6. The van der Waals surface area contributed by atoms with Gasteiger partial charge in [-0.1, -0.05) is 45.9 Å². The van der Waals surface area contributed by atoms with Crippen LogP contribution in [0, 0.1) is 23.2 Å². The van der Waals surface area contributed by atoms with Gasteiger partial charge in [0, 0.05) is 4.47 Å². The van der Waals surface area contributed by atoms with E-state index in [4.69, 9.17) is 21.7 Å². The second-order valence-electron chi connectivity index (χ2n) is 11.0. The highest BCUT2D eigenvalue weighted by Gasteiger charge is 2.55. The van der Waals surface area contributed by atoms with Gasteiger partial charge >= 0.3 is 0 Å². The fourth-order valence-electron chi connectivity index (χ4n) is 6.96. The molecule has 4 aliphatic carbocycles. The van der Waals surface area contributed by atoms with E-state index in [1.165, 1.54) is 36.0 Å². The maximum atomic E-state index is 13.5. The van der Waals surface area contributed by atoms with Gasteiger partial charge in [-0.25, -0.2) is 0 Å². The predicted molar refractivity (Wildman–Crippen MR) is 155 cm³/mol. The van der Waals surface area contributed by atoms with Gasteiger partial charge in [0.1, 0.15) is 6.61 Å². The summed E-state index contributed by atoms with van der Waals surface area (Å²) in [5.74, 6) is 2.79. The zero-order valence-corrected chi connectivity index (χ0v) is 24.3. The van der Waals surface area contributed by atoms with Crippen LogP contribution in [0.2, 0.25) is 0 Å². The molecule has 2 aromatic carbocycles. The lowest BCUT2D eigenvalue weighted by Crippen LogP contribution is -2.57. The van der Waals surface area contributed by atoms with E-state index in [9.17, 15) is 9.59 Å². The molecule has 0 unspecified atom stereocenters. The minimum absolute atomic E-state index is 0.0388. The molecule has 0 atom stereocenters. The van der Waals surface area contributed by atoms with Crippen LogP contribution in [-0.4, -0.2) is 28.3 Å². The van der Waals surface area contributed by atoms with Gasteiger partial charge in [0.2, 0.25) is 5.91 Å². The average molecular weight is 614 g/mol. The Bertz CT molecular complexity index is 1290. The molecule has 4 bridgehead atoms. The molecule has 7 rings (SSSR count). The number of carbonyl (C=O) groups excluding carboxylic acids is 2. The first-order chi connectivity index (χ1) is 18.3. The van der Waals surface area contributed by atoms with Crippen LogP contribution in [0.3, 0.4) is 0 Å². The Morgan fingerprint density at radius 1 is 1.11 bits per heavy atom. The minimum Gasteiger partial charge on any atom is -0.493 e. The molecule has 5 fully saturated rings. The summed E-state index contributed by atoms with van der Waals surface area (Å²) in [6.45, 7) is 0.408. The molecular formula is C29H29BrN2O4S2. The van der Waals surface area contributed by atoms with Crippen LogP contribution in [0.15, 0.2) is 51.8 Å². The van der Waals surface area contributed by atoms with Crippen LogP contribution in [-0.2, 0) is 16.2 Å². The number of nitrogens with zero attached hydrogens (tertiary/aromatic N) is 1. The van der Waals surface area contributed by atoms with Gasteiger partial charge in [-0.15, -0.1) is 0 Å². The second-order valence-corrected chi connectivity index (χ2v) is 13.6. The monoisotopic (exact) mass is 612 g/mol. The van der Waals surface area contributed by atoms with Gasteiger partial charge in [0.05, 0.1) is 17.4 Å². The summed E-state index contributed by atoms with van der Waals surface area (Å²) >= 11 is 10.1. The maximum Gasteiger partial charge on any atom is 0.285 e. The molecule has 1 heterocycles. The molecule has 4 saturated carbocycles. The normalized spacial score (nSPS) is 28.7. The van der Waals surface area contributed by atoms with Crippen molar-refractivity contribution in [2.24, 2.45) is 23.2 Å². The van der Waals surface area contributed by atoms with Crippen LogP contribution in [0.4, 0.5) is 0 Å².